The molecule has 2 aromatic carbocycles. The first-order valence-corrected chi connectivity index (χ1v) is 7.79. The van der Waals surface area contributed by atoms with Gasteiger partial charge in [-0.1, -0.05) is 74.0 Å². The van der Waals surface area contributed by atoms with Crippen LogP contribution in [0.25, 0.3) is 0 Å². The van der Waals surface area contributed by atoms with Gasteiger partial charge >= 0.3 is 0 Å². The van der Waals surface area contributed by atoms with Gasteiger partial charge in [-0.25, -0.2) is 0 Å². The molecular formula is C19H25NO. The minimum atomic E-state index is 0.0872. The fraction of sp³-hybridized carbons (Fsp3) is 0.368. The van der Waals surface area contributed by atoms with Crippen molar-refractivity contribution < 1.29 is 5.11 Å². The Morgan fingerprint density at radius 1 is 0.952 bits per heavy atom. The van der Waals surface area contributed by atoms with Crippen LogP contribution in [0.1, 0.15) is 36.9 Å². The Morgan fingerprint density at radius 2 is 1.57 bits per heavy atom. The molecule has 1 unspecified atom stereocenters. The summed E-state index contributed by atoms with van der Waals surface area (Å²) in [7, 11) is 0. The fourth-order valence-corrected chi connectivity index (χ4v) is 2.68. The van der Waals surface area contributed by atoms with Crippen molar-refractivity contribution in [2.24, 2.45) is 0 Å². The van der Waals surface area contributed by atoms with Crippen LogP contribution >= 0.6 is 0 Å². The molecule has 0 radical (unpaired) electrons. The van der Waals surface area contributed by atoms with Gasteiger partial charge in [0.05, 0.1) is 6.61 Å². The van der Waals surface area contributed by atoms with E-state index in [2.05, 4.69) is 48.6 Å². The quantitative estimate of drug-likeness (QED) is 0.774. The van der Waals surface area contributed by atoms with Gasteiger partial charge in [0.2, 0.25) is 0 Å². The van der Waals surface area contributed by atoms with E-state index in [1.54, 1.807) is 0 Å². The Morgan fingerprint density at radius 3 is 2.14 bits per heavy atom. The summed E-state index contributed by atoms with van der Waals surface area (Å²) in [5, 5.41) is 13.3. The van der Waals surface area contributed by atoms with Crippen LogP contribution in [0.15, 0.2) is 60.7 Å². The predicted octanol–water partition coefficient (Wildman–Crippen LogP) is 3.72. The van der Waals surface area contributed by atoms with Gasteiger partial charge in [-0.05, 0) is 24.0 Å². The van der Waals surface area contributed by atoms with E-state index in [4.69, 9.17) is 0 Å². The molecule has 0 bridgehead atoms. The van der Waals surface area contributed by atoms with Crippen LogP contribution in [-0.4, -0.2) is 17.8 Å². The Hall–Kier alpha value is -1.64. The lowest BCUT2D eigenvalue weighted by Crippen LogP contribution is -2.37. The fourth-order valence-electron chi connectivity index (χ4n) is 2.68. The second-order valence-electron chi connectivity index (χ2n) is 5.49. The number of benzene rings is 2. The molecule has 0 aliphatic rings. The van der Waals surface area contributed by atoms with Crippen molar-refractivity contribution in [3.63, 3.8) is 0 Å². The maximum atomic E-state index is 9.69. The minimum Gasteiger partial charge on any atom is -0.395 e. The van der Waals surface area contributed by atoms with Crippen molar-refractivity contribution in [1.82, 2.24) is 5.32 Å². The normalized spacial score (nSPS) is 13.8. The van der Waals surface area contributed by atoms with Gasteiger partial charge in [-0.2, -0.15) is 0 Å². The number of hydrogen-bond acceptors (Lipinski definition) is 2. The molecule has 0 aliphatic carbocycles. The average Bonchev–Trinajstić information content (AvgIpc) is 2.55. The van der Waals surface area contributed by atoms with E-state index in [-0.39, 0.29) is 12.6 Å². The number of aliphatic hydroxyl groups excluding tert-OH is 1. The summed E-state index contributed by atoms with van der Waals surface area (Å²) in [6.45, 7) is 2.35. The maximum Gasteiger partial charge on any atom is 0.0588 e. The Bertz CT molecular complexity index is 497. The van der Waals surface area contributed by atoms with E-state index >= 15 is 0 Å². The average molecular weight is 283 g/mol. The first-order chi connectivity index (χ1) is 10.3. The van der Waals surface area contributed by atoms with Gasteiger partial charge in [-0.3, -0.25) is 0 Å². The van der Waals surface area contributed by atoms with Gasteiger partial charge < -0.3 is 10.4 Å². The largest absolute Gasteiger partial charge is 0.395 e. The van der Waals surface area contributed by atoms with E-state index in [9.17, 15) is 5.11 Å². The van der Waals surface area contributed by atoms with Crippen molar-refractivity contribution in [3.05, 3.63) is 71.8 Å². The lowest BCUT2D eigenvalue weighted by atomic mass is 9.99. The Labute approximate surface area is 127 Å². The predicted molar refractivity (Wildman–Crippen MR) is 88.2 cm³/mol. The van der Waals surface area contributed by atoms with E-state index in [1.165, 1.54) is 11.1 Å². The third-order valence-electron chi connectivity index (χ3n) is 3.76. The molecule has 2 nitrogen and oxygen atoms in total. The zero-order chi connectivity index (χ0) is 14.9. The van der Waals surface area contributed by atoms with E-state index in [0.29, 0.717) is 6.04 Å². The number of hydrogen-bond donors (Lipinski definition) is 2. The molecule has 2 N–H and O–H groups in total. The second-order valence-corrected chi connectivity index (χ2v) is 5.49. The molecular weight excluding hydrogens is 258 g/mol. The second kappa shape index (κ2) is 8.60. The van der Waals surface area contributed by atoms with Gasteiger partial charge in [0, 0.05) is 12.1 Å². The van der Waals surface area contributed by atoms with Crippen LogP contribution in [0.5, 0.6) is 0 Å². The monoisotopic (exact) mass is 283 g/mol. The van der Waals surface area contributed by atoms with Crippen LogP contribution in [-0.2, 0) is 6.42 Å². The topological polar surface area (TPSA) is 32.3 Å². The van der Waals surface area contributed by atoms with Gasteiger partial charge in [-0.15, -0.1) is 0 Å². The minimum absolute atomic E-state index is 0.0872. The number of nitrogens with one attached hydrogen (secondary N) is 1. The molecule has 0 saturated heterocycles. The van der Waals surface area contributed by atoms with Gasteiger partial charge in [0.25, 0.3) is 0 Å². The van der Waals surface area contributed by atoms with Crippen LogP contribution in [0.4, 0.5) is 0 Å². The van der Waals surface area contributed by atoms with Crippen LogP contribution < -0.4 is 5.32 Å². The molecule has 0 aromatic heterocycles. The van der Waals surface area contributed by atoms with Crippen molar-refractivity contribution in [2.75, 3.05) is 6.61 Å². The standard InChI is InChI=1S/C19H25NO/c1-2-9-19(17-12-7-4-8-13-17)20-18(15-21)14-16-10-5-3-6-11-16/h3-8,10-13,18-21H,2,9,14-15H2,1H3/t18-,19?/m1/s1. The smallest absolute Gasteiger partial charge is 0.0588 e. The molecule has 2 rings (SSSR count). The zero-order valence-electron chi connectivity index (χ0n) is 12.7. The van der Waals surface area contributed by atoms with Crippen LogP contribution in [0, 0.1) is 0 Å². The summed E-state index contributed by atoms with van der Waals surface area (Å²) in [6, 6.07) is 21.2. The first-order valence-electron chi connectivity index (χ1n) is 7.79. The highest BCUT2D eigenvalue weighted by Crippen LogP contribution is 2.19. The van der Waals surface area contributed by atoms with Crippen molar-refractivity contribution >= 4 is 0 Å². The molecule has 21 heavy (non-hydrogen) atoms. The highest BCUT2D eigenvalue weighted by Gasteiger charge is 2.16. The summed E-state index contributed by atoms with van der Waals surface area (Å²) >= 11 is 0. The molecule has 112 valence electrons. The van der Waals surface area contributed by atoms with Crippen molar-refractivity contribution in [2.45, 2.75) is 38.3 Å². The van der Waals surface area contributed by atoms with Crippen molar-refractivity contribution in [3.8, 4) is 0 Å². The molecule has 2 heteroatoms. The Kier molecular flexibility index (Phi) is 6.45. The molecule has 2 atom stereocenters. The van der Waals surface area contributed by atoms with Gasteiger partial charge in [0.15, 0.2) is 0 Å². The lowest BCUT2D eigenvalue weighted by Gasteiger charge is -2.25. The van der Waals surface area contributed by atoms with Crippen LogP contribution in [0.3, 0.4) is 0 Å². The van der Waals surface area contributed by atoms with Crippen LogP contribution in [0.2, 0.25) is 0 Å². The molecule has 0 fully saturated rings. The van der Waals surface area contributed by atoms with E-state index in [0.717, 1.165) is 19.3 Å². The third kappa shape index (κ3) is 5.00. The highest BCUT2D eigenvalue weighted by molar-refractivity contribution is 5.20. The summed E-state index contributed by atoms with van der Waals surface area (Å²) < 4.78 is 0. The molecule has 0 spiro atoms. The third-order valence-corrected chi connectivity index (χ3v) is 3.76. The molecule has 0 heterocycles. The highest BCUT2D eigenvalue weighted by atomic mass is 16.3. The van der Waals surface area contributed by atoms with E-state index < -0.39 is 0 Å². The number of aliphatic hydroxyl groups is 1. The first kappa shape index (κ1) is 15.7. The van der Waals surface area contributed by atoms with E-state index in [1.807, 2.05) is 24.3 Å². The number of rotatable bonds is 8. The molecule has 0 saturated carbocycles. The zero-order valence-corrected chi connectivity index (χ0v) is 12.7. The summed E-state index contributed by atoms with van der Waals surface area (Å²) in [5.74, 6) is 0. The summed E-state index contributed by atoms with van der Waals surface area (Å²) in [5.41, 5.74) is 2.55. The molecule has 0 aliphatic heterocycles. The lowest BCUT2D eigenvalue weighted by molar-refractivity contribution is 0.227. The SMILES string of the molecule is CCCC(N[C@@H](CO)Cc1ccccc1)c1ccccc1. The van der Waals surface area contributed by atoms with Crippen molar-refractivity contribution in [1.29, 1.82) is 0 Å². The summed E-state index contributed by atoms with van der Waals surface area (Å²) in [6.07, 6.45) is 3.05. The molecule has 2 aromatic rings. The Balaban J connectivity index is 2.03. The summed E-state index contributed by atoms with van der Waals surface area (Å²) in [4.78, 5) is 0. The van der Waals surface area contributed by atoms with Gasteiger partial charge in [0.1, 0.15) is 0 Å². The molecule has 0 amide bonds. The maximum absolute atomic E-state index is 9.69.